The first-order chi connectivity index (χ1) is 17.4. The lowest BCUT2D eigenvalue weighted by Gasteiger charge is -2.18. The van der Waals surface area contributed by atoms with E-state index in [-0.39, 0.29) is 12.7 Å². The topological polar surface area (TPSA) is 60.0 Å². The Bertz CT molecular complexity index is 1160. The highest BCUT2D eigenvalue weighted by molar-refractivity contribution is 6.31. The molecule has 0 aliphatic rings. The molecule has 0 unspecified atom stereocenters. The van der Waals surface area contributed by atoms with Crippen LogP contribution >= 0.6 is 0 Å². The van der Waals surface area contributed by atoms with Crippen molar-refractivity contribution in [2.75, 3.05) is 46.5 Å². The summed E-state index contributed by atoms with van der Waals surface area (Å²) >= 11 is 0. The predicted molar refractivity (Wildman–Crippen MR) is 146 cm³/mol. The summed E-state index contributed by atoms with van der Waals surface area (Å²) in [6.45, 7) is 5.66. The maximum atomic E-state index is 13.8. The second kappa shape index (κ2) is 13.5. The Morgan fingerprint density at radius 1 is 0.917 bits per heavy atom. The molecule has 0 aliphatic carbocycles. The smallest absolute Gasteiger partial charge is 0.256 e. The highest BCUT2D eigenvalue weighted by Gasteiger charge is 2.20. The summed E-state index contributed by atoms with van der Waals surface area (Å²) < 4.78 is 16.4. The number of nitrogens with one attached hydrogen (secondary N) is 1. The first kappa shape index (κ1) is 27.0. The minimum atomic E-state index is -0.161. The number of allylic oxidation sites excluding steroid dienone is 1. The number of carbonyl (C=O) groups is 1. The molecule has 0 heterocycles. The third-order valence-electron chi connectivity index (χ3n) is 5.73. The van der Waals surface area contributed by atoms with E-state index in [4.69, 9.17) is 14.2 Å². The van der Waals surface area contributed by atoms with Gasteiger partial charge in [-0.25, -0.2) is 0 Å². The van der Waals surface area contributed by atoms with Crippen LogP contribution in [0, 0.1) is 6.92 Å². The lowest BCUT2D eigenvalue weighted by molar-refractivity contribution is -0.111. The fourth-order valence-corrected chi connectivity index (χ4v) is 3.89. The third-order valence-corrected chi connectivity index (χ3v) is 5.73. The van der Waals surface area contributed by atoms with Gasteiger partial charge < -0.3 is 24.4 Å². The minimum absolute atomic E-state index is 0.161. The Morgan fingerprint density at radius 2 is 1.61 bits per heavy atom. The van der Waals surface area contributed by atoms with E-state index < -0.39 is 0 Å². The van der Waals surface area contributed by atoms with Crippen molar-refractivity contribution < 1.29 is 19.0 Å². The molecule has 3 aromatic rings. The fraction of sp³-hybridized carbons (Fsp3) is 0.300. The van der Waals surface area contributed by atoms with Crippen LogP contribution in [0.25, 0.3) is 11.1 Å². The van der Waals surface area contributed by atoms with E-state index in [1.54, 1.807) is 7.11 Å². The number of nitrogens with zero attached hydrogens (tertiary/aromatic N) is 1. The molecule has 0 spiro atoms. The number of amides is 1. The molecule has 0 aromatic heterocycles. The van der Waals surface area contributed by atoms with Crippen LogP contribution in [-0.4, -0.2) is 52.0 Å². The van der Waals surface area contributed by atoms with E-state index in [9.17, 15) is 4.79 Å². The summed E-state index contributed by atoms with van der Waals surface area (Å²) in [6, 6.07) is 23.3. The molecule has 6 nitrogen and oxygen atoms in total. The number of aryl methyl sites for hydroxylation is 1. The second-order valence-corrected chi connectivity index (χ2v) is 8.73. The van der Waals surface area contributed by atoms with E-state index in [1.807, 2.05) is 93.8 Å². The number of hydrogen-bond donors (Lipinski definition) is 1. The van der Waals surface area contributed by atoms with E-state index in [2.05, 4.69) is 17.1 Å². The molecule has 0 saturated heterocycles. The average Bonchev–Trinajstić information content (AvgIpc) is 2.88. The molecule has 0 aliphatic heterocycles. The molecule has 190 valence electrons. The molecule has 1 N–H and O–H groups in total. The van der Waals surface area contributed by atoms with Crippen molar-refractivity contribution >= 4 is 22.7 Å². The molecule has 1 amide bonds. The van der Waals surface area contributed by atoms with Crippen LogP contribution < -0.4 is 14.8 Å². The average molecular weight is 489 g/mol. The van der Waals surface area contributed by atoms with Gasteiger partial charge in [0.1, 0.15) is 18.1 Å². The maximum absolute atomic E-state index is 13.8. The highest BCUT2D eigenvalue weighted by Crippen LogP contribution is 2.33. The van der Waals surface area contributed by atoms with Gasteiger partial charge in [-0.3, -0.25) is 4.79 Å². The Labute approximate surface area is 214 Å². The van der Waals surface area contributed by atoms with Gasteiger partial charge in [-0.05, 0) is 86.1 Å². The van der Waals surface area contributed by atoms with Crippen molar-refractivity contribution in [2.45, 2.75) is 20.3 Å². The number of anilines is 1. The Morgan fingerprint density at radius 3 is 2.22 bits per heavy atom. The first-order valence-electron chi connectivity index (χ1n) is 12.1. The Hall–Kier alpha value is -3.61. The zero-order valence-electron chi connectivity index (χ0n) is 21.8. The third kappa shape index (κ3) is 7.44. The van der Waals surface area contributed by atoms with Crippen LogP contribution in [0.3, 0.4) is 0 Å². The highest BCUT2D eigenvalue weighted by atomic mass is 16.7. The fourth-order valence-electron chi connectivity index (χ4n) is 3.89. The van der Waals surface area contributed by atoms with Gasteiger partial charge in [-0.15, -0.1) is 0 Å². The van der Waals surface area contributed by atoms with Crippen LogP contribution in [0.5, 0.6) is 11.5 Å². The molecule has 0 radical (unpaired) electrons. The van der Waals surface area contributed by atoms with Gasteiger partial charge in [0.05, 0.1) is 5.57 Å². The van der Waals surface area contributed by atoms with E-state index >= 15 is 0 Å². The number of benzene rings is 3. The van der Waals surface area contributed by atoms with Crippen molar-refractivity contribution in [3.05, 3.63) is 89.5 Å². The van der Waals surface area contributed by atoms with Crippen molar-refractivity contribution in [1.82, 2.24) is 4.90 Å². The number of methoxy groups -OCH3 is 1. The number of carbonyl (C=O) groups excluding carboxylic acids is 1. The van der Waals surface area contributed by atoms with Crippen molar-refractivity contribution in [1.29, 1.82) is 0 Å². The van der Waals surface area contributed by atoms with Gasteiger partial charge in [0.15, 0.2) is 6.79 Å². The molecule has 0 saturated carbocycles. The molecule has 3 rings (SSSR count). The predicted octanol–water partition coefficient (Wildman–Crippen LogP) is 5.88. The van der Waals surface area contributed by atoms with Gasteiger partial charge >= 0.3 is 0 Å². The van der Waals surface area contributed by atoms with Gasteiger partial charge in [0.2, 0.25) is 0 Å². The summed E-state index contributed by atoms with van der Waals surface area (Å²) in [7, 11) is 5.60. The maximum Gasteiger partial charge on any atom is 0.256 e. The van der Waals surface area contributed by atoms with E-state index in [0.29, 0.717) is 30.0 Å². The van der Waals surface area contributed by atoms with Crippen molar-refractivity contribution in [2.24, 2.45) is 0 Å². The zero-order chi connectivity index (χ0) is 25.9. The summed E-state index contributed by atoms with van der Waals surface area (Å²) in [5.74, 6) is 1.30. The molecule has 3 aromatic carbocycles. The summed E-state index contributed by atoms with van der Waals surface area (Å²) in [5.41, 5.74) is 5.16. The molecule has 0 fully saturated rings. The van der Waals surface area contributed by atoms with Crippen LogP contribution in [0.4, 0.5) is 5.69 Å². The van der Waals surface area contributed by atoms with Gasteiger partial charge in [0, 0.05) is 19.3 Å². The molecular formula is C30H36N2O4. The molecule has 6 heteroatoms. The summed E-state index contributed by atoms with van der Waals surface area (Å²) in [4.78, 5) is 15.8. The Balaban J connectivity index is 1.93. The SMILES string of the molecule is CC/C(=C(\C(=O)Nc1ccc(OCCN(C)C)cc1)c1ccc(OCOC)cc1C)c1ccccc1. The largest absolute Gasteiger partial charge is 0.492 e. The first-order valence-corrected chi connectivity index (χ1v) is 12.1. The standard InChI is InChI=1S/C30H36N2O4/c1-6-27(23-10-8-7-9-11-23)29(28-17-16-26(20-22(28)2)36-21-34-5)30(33)31-24-12-14-25(15-13-24)35-19-18-32(3)4/h7-17,20H,6,18-19,21H2,1-5H3,(H,31,33)/b29-27+. The summed E-state index contributed by atoms with van der Waals surface area (Å²) in [6.07, 6.45) is 0.701. The number of ether oxygens (including phenoxy) is 3. The molecule has 0 atom stereocenters. The molecular weight excluding hydrogens is 452 g/mol. The Kier molecular flexibility index (Phi) is 10.1. The van der Waals surface area contributed by atoms with Crippen LogP contribution in [-0.2, 0) is 9.53 Å². The number of likely N-dealkylation sites (N-methyl/N-ethyl adjacent to an activating group) is 1. The zero-order valence-corrected chi connectivity index (χ0v) is 21.8. The number of hydrogen-bond acceptors (Lipinski definition) is 5. The van der Waals surface area contributed by atoms with Crippen molar-refractivity contribution in [3.63, 3.8) is 0 Å². The van der Waals surface area contributed by atoms with Crippen molar-refractivity contribution in [3.8, 4) is 11.5 Å². The second-order valence-electron chi connectivity index (χ2n) is 8.73. The lowest BCUT2D eigenvalue weighted by atomic mass is 9.90. The van der Waals surface area contributed by atoms with Gasteiger partial charge in [0.25, 0.3) is 5.91 Å². The normalized spacial score (nSPS) is 11.7. The monoisotopic (exact) mass is 488 g/mol. The number of rotatable bonds is 12. The minimum Gasteiger partial charge on any atom is -0.492 e. The van der Waals surface area contributed by atoms with E-state index in [0.717, 1.165) is 34.6 Å². The lowest BCUT2D eigenvalue weighted by Crippen LogP contribution is -2.19. The van der Waals surface area contributed by atoms with Gasteiger partial charge in [-0.2, -0.15) is 0 Å². The molecule has 36 heavy (non-hydrogen) atoms. The van der Waals surface area contributed by atoms with Crippen LogP contribution in [0.1, 0.15) is 30.0 Å². The van der Waals surface area contributed by atoms with E-state index in [1.165, 1.54) is 0 Å². The van der Waals surface area contributed by atoms with Gasteiger partial charge in [-0.1, -0.05) is 43.3 Å². The molecule has 0 bridgehead atoms. The van der Waals surface area contributed by atoms with Crippen LogP contribution in [0.15, 0.2) is 72.8 Å². The van der Waals surface area contributed by atoms with Crippen LogP contribution in [0.2, 0.25) is 0 Å². The summed E-state index contributed by atoms with van der Waals surface area (Å²) in [5, 5.41) is 3.09. The quantitative estimate of drug-likeness (QED) is 0.196.